The number of rotatable bonds is 3. The number of fused-ring (bicyclic) bond motifs is 1. The molecule has 0 saturated carbocycles. The number of aliphatic carboxylic acids is 1. The first kappa shape index (κ1) is 13.6. The number of amides is 1. The number of carbonyl (C=O) groups excluding carboxylic acids is 1. The molecule has 0 bridgehead atoms. The molecule has 1 aromatic carbocycles. The lowest BCUT2D eigenvalue weighted by molar-refractivity contribution is -0.159. The minimum Gasteiger partial charge on any atom is -0.479 e. The van der Waals surface area contributed by atoms with Crippen LogP contribution in [0.15, 0.2) is 36.5 Å². The molecule has 1 saturated heterocycles. The van der Waals surface area contributed by atoms with Gasteiger partial charge in [-0.05, 0) is 17.5 Å². The second-order valence-corrected chi connectivity index (χ2v) is 5.04. The van der Waals surface area contributed by atoms with E-state index in [0.717, 1.165) is 10.9 Å². The van der Waals surface area contributed by atoms with Crippen LogP contribution in [0.4, 0.5) is 0 Å². The van der Waals surface area contributed by atoms with Crippen LogP contribution >= 0.6 is 0 Å². The van der Waals surface area contributed by atoms with E-state index in [9.17, 15) is 9.59 Å². The van der Waals surface area contributed by atoms with Gasteiger partial charge in [-0.15, -0.1) is 0 Å². The Morgan fingerprint density at radius 1 is 1.29 bits per heavy atom. The summed E-state index contributed by atoms with van der Waals surface area (Å²) in [5.41, 5.74) is 0.994. The summed E-state index contributed by atoms with van der Waals surface area (Å²) in [6.45, 7) is 1.00. The van der Waals surface area contributed by atoms with Gasteiger partial charge in [0.2, 0.25) is 5.91 Å². The third-order valence-corrected chi connectivity index (χ3v) is 3.68. The summed E-state index contributed by atoms with van der Waals surface area (Å²) in [6, 6.07) is 9.79. The van der Waals surface area contributed by atoms with Gasteiger partial charge in [-0.25, -0.2) is 4.79 Å². The molecule has 0 spiro atoms. The number of hydrogen-bond donors (Lipinski definition) is 1. The highest BCUT2D eigenvalue weighted by Gasteiger charge is 2.28. The van der Waals surface area contributed by atoms with Gasteiger partial charge in [-0.2, -0.15) is 0 Å². The standard InChI is InChI=1S/C15H16N2O4/c18-14(17-7-8-21-13(9-17)15(19)20)10-16-6-5-11-3-1-2-4-12(11)16/h1-6,13H,7-10H2,(H,19,20). The predicted molar refractivity (Wildman–Crippen MR) is 75.9 cm³/mol. The van der Waals surface area contributed by atoms with Crippen molar-refractivity contribution in [2.75, 3.05) is 19.7 Å². The molecule has 0 aliphatic carbocycles. The maximum Gasteiger partial charge on any atom is 0.334 e. The average molecular weight is 288 g/mol. The summed E-state index contributed by atoms with van der Waals surface area (Å²) < 4.78 is 7.00. The van der Waals surface area contributed by atoms with E-state index in [0.29, 0.717) is 6.54 Å². The van der Waals surface area contributed by atoms with E-state index in [1.54, 1.807) is 4.90 Å². The van der Waals surface area contributed by atoms with Gasteiger partial charge >= 0.3 is 5.97 Å². The number of carboxylic acids is 1. The zero-order valence-electron chi connectivity index (χ0n) is 11.4. The molecule has 6 heteroatoms. The van der Waals surface area contributed by atoms with Crippen LogP contribution in [0.2, 0.25) is 0 Å². The number of carbonyl (C=O) groups is 2. The van der Waals surface area contributed by atoms with Gasteiger partial charge in [0.1, 0.15) is 6.54 Å². The van der Waals surface area contributed by atoms with Crippen LogP contribution in [0, 0.1) is 0 Å². The maximum absolute atomic E-state index is 12.3. The Bertz CT molecular complexity index is 679. The largest absolute Gasteiger partial charge is 0.479 e. The lowest BCUT2D eigenvalue weighted by Crippen LogP contribution is -2.49. The Kier molecular flexibility index (Phi) is 3.62. The van der Waals surface area contributed by atoms with E-state index in [4.69, 9.17) is 9.84 Å². The van der Waals surface area contributed by atoms with Crippen molar-refractivity contribution in [1.82, 2.24) is 9.47 Å². The Hall–Kier alpha value is -2.34. The number of benzene rings is 1. The molecule has 1 aliphatic heterocycles. The monoisotopic (exact) mass is 288 g/mol. The van der Waals surface area contributed by atoms with Crippen molar-refractivity contribution in [2.45, 2.75) is 12.6 Å². The molecule has 1 atom stereocenters. The smallest absolute Gasteiger partial charge is 0.334 e. The molecule has 2 heterocycles. The van der Waals surface area contributed by atoms with Gasteiger partial charge in [0.15, 0.2) is 6.10 Å². The average Bonchev–Trinajstić information content (AvgIpc) is 2.91. The fraction of sp³-hybridized carbons (Fsp3) is 0.333. The Labute approximate surface area is 121 Å². The molecule has 1 fully saturated rings. The van der Waals surface area contributed by atoms with E-state index in [1.807, 2.05) is 41.1 Å². The van der Waals surface area contributed by atoms with Gasteiger partial charge in [-0.1, -0.05) is 18.2 Å². The van der Waals surface area contributed by atoms with E-state index in [-0.39, 0.29) is 25.6 Å². The molecule has 1 aromatic heterocycles. The summed E-state index contributed by atoms with van der Waals surface area (Å²) in [5.74, 6) is -1.12. The molecular weight excluding hydrogens is 272 g/mol. The predicted octanol–water partition coefficient (Wildman–Crippen LogP) is 0.953. The number of ether oxygens (including phenoxy) is 1. The van der Waals surface area contributed by atoms with E-state index < -0.39 is 12.1 Å². The van der Waals surface area contributed by atoms with Crippen LogP contribution < -0.4 is 0 Å². The number of carboxylic acid groups (broad SMARTS) is 1. The number of aromatic nitrogens is 1. The number of para-hydroxylation sites is 1. The van der Waals surface area contributed by atoms with Crippen LogP contribution in [-0.4, -0.2) is 52.3 Å². The summed E-state index contributed by atoms with van der Waals surface area (Å²) in [6.07, 6.45) is 0.946. The molecule has 1 amide bonds. The highest BCUT2D eigenvalue weighted by atomic mass is 16.5. The normalized spacial score (nSPS) is 18.9. The van der Waals surface area contributed by atoms with Crippen LogP contribution in [0.5, 0.6) is 0 Å². The Morgan fingerprint density at radius 3 is 2.90 bits per heavy atom. The maximum atomic E-state index is 12.3. The molecule has 0 radical (unpaired) electrons. The third kappa shape index (κ3) is 2.75. The molecule has 1 aliphatic rings. The van der Waals surface area contributed by atoms with Gasteiger partial charge in [0.05, 0.1) is 13.2 Å². The molecule has 6 nitrogen and oxygen atoms in total. The fourth-order valence-corrected chi connectivity index (χ4v) is 2.55. The Balaban J connectivity index is 1.72. The van der Waals surface area contributed by atoms with Crippen LogP contribution in [-0.2, 0) is 20.9 Å². The topological polar surface area (TPSA) is 71.8 Å². The zero-order valence-corrected chi connectivity index (χ0v) is 11.4. The first-order valence-corrected chi connectivity index (χ1v) is 6.81. The van der Waals surface area contributed by atoms with Crippen LogP contribution in [0.1, 0.15) is 0 Å². The van der Waals surface area contributed by atoms with Crippen LogP contribution in [0.25, 0.3) is 10.9 Å². The van der Waals surface area contributed by atoms with E-state index in [1.165, 1.54) is 0 Å². The van der Waals surface area contributed by atoms with Crippen LogP contribution in [0.3, 0.4) is 0 Å². The van der Waals surface area contributed by atoms with Gasteiger partial charge in [-0.3, -0.25) is 4.79 Å². The van der Waals surface area contributed by atoms with Crippen molar-refractivity contribution in [1.29, 1.82) is 0 Å². The molecule has 2 aromatic rings. The van der Waals surface area contributed by atoms with E-state index in [2.05, 4.69) is 0 Å². The zero-order chi connectivity index (χ0) is 14.8. The highest BCUT2D eigenvalue weighted by molar-refractivity contribution is 5.83. The molecule has 1 unspecified atom stereocenters. The number of hydrogen-bond acceptors (Lipinski definition) is 3. The first-order chi connectivity index (χ1) is 10.1. The van der Waals surface area contributed by atoms with Gasteiger partial charge in [0, 0.05) is 18.3 Å². The SMILES string of the molecule is O=C(O)C1CN(C(=O)Cn2ccc3ccccc32)CCO1. The number of morpholine rings is 1. The lowest BCUT2D eigenvalue weighted by Gasteiger charge is -2.31. The molecule has 21 heavy (non-hydrogen) atoms. The van der Waals surface area contributed by atoms with Gasteiger partial charge < -0.3 is 19.3 Å². The highest BCUT2D eigenvalue weighted by Crippen LogP contribution is 2.15. The van der Waals surface area contributed by atoms with Crippen molar-refractivity contribution in [3.8, 4) is 0 Å². The molecular formula is C15H16N2O4. The summed E-state index contributed by atoms with van der Waals surface area (Å²) in [5, 5.41) is 10.0. The van der Waals surface area contributed by atoms with Crippen molar-refractivity contribution >= 4 is 22.8 Å². The fourth-order valence-electron chi connectivity index (χ4n) is 2.55. The third-order valence-electron chi connectivity index (χ3n) is 3.68. The Morgan fingerprint density at radius 2 is 2.10 bits per heavy atom. The molecule has 3 rings (SSSR count). The molecule has 1 N–H and O–H groups in total. The van der Waals surface area contributed by atoms with Gasteiger partial charge in [0.25, 0.3) is 0 Å². The summed E-state index contributed by atoms with van der Waals surface area (Å²) >= 11 is 0. The minimum atomic E-state index is -1.03. The van der Waals surface area contributed by atoms with Crippen molar-refractivity contribution < 1.29 is 19.4 Å². The number of nitrogens with zero attached hydrogens (tertiary/aromatic N) is 2. The first-order valence-electron chi connectivity index (χ1n) is 6.81. The second-order valence-electron chi connectivity index (χ2n) is 5.04. The van der Waals surface area contributed by atoms with E-state index >= 15 is 0 Å². The second kappa shape index (κ2) is 5.57. The quantitative estimate of drug-likeness (QED) is 0.913. The molecule has 110 valence electrons. The lowest BCUT2D eigenvalue weighted by atomic mass is 10.2. The van der Waals surface area contributed by atoms with Crippen molar-refractivity contribution in [3.63, 3.8) is 0 Å². The minimum absolute atomic E-state index is 0.0918. The summed E-state index contributed by atoms with van der Waals surface area (Å²) in [7, 11) is 0. The van der Waals surface area contributed by atoms with Crippen molar-refractivity contribution in [2.24, 2.45) is 0 Å². The summed E-state index contributed by atoms with van der Waals surface area (Å²) in [4.78, 5) is 24.8. The van der Waals surface area contributed by atoms with Crippen molar-refractivity contribution in [3.05, 3.63) is 36.5 Å².